The molecule has 70 valence electrons. The van der Waals surface area contributed by atoms with E-state index in [1.54, 1.807) is 0 Å². The molecule has 1 rings (SSSR count). The highest BCUT2D eigenvalue weighted by atomic mass is 32.2. The van der Waals surface area contributed by atoms with E-state index in [4.69, 9.17) is 0 Å². The van der Waals surface area contributed by atoms with Crippen LogP contribution in [0.3, 0.4) is 0 Å². The Kier molecular flexibility index (Phi) is 4.69. The molecule has 0 saturated heterocycles. The van der Waals surface area contributed by atoms with Crippen molar-refractivity contribution in [3.63, 3.8) is 0 Å². The lowest BCUT2D eigenvalue weighted by atomic mass is 10.2. The maximum absolute atomic E-state index is 3.81. The van der Waals surface area contributed by atoms with Crippen LogP contribution in [0.25, 0.3) is 6.08 Å². The van der Waals surface area contributed by atoms with Crippen molar-refractivity contribution in [1.29, 1.82) is 0 Å². The lowest BCUT2D eigenvalue weighted by Gasteiger charge is -2.03. The fourth-order valence-corrected chi connectivity index (χ4v) is 2.25. The summed E-state index contributed by atoms with van der Waals surface area (Å²) in [5.41, 5.74) is 1.25. The number of unbranched alkanes of at least 4 members (excludes halogenated alkanes) is 1. The summed E-state index contributed by atoms with van der Waals surface area (Å²) in [6.07, 6.45) is 4.48. The molecule has 0 heterocycles. The second-order valence-corrected chi connectivity index (χ2v) is 4.08. The van der Waals surface area contributed by atoms with Crippen LogP contribution in [0.2, 0.25) is 0 Å². The van der Waals surface area contributed by atoms with Crippen LogP contribution in [-0.4, -0.2) is 5.75 Å². The molecule has 0 nitrogen and oxygen atoms in total. The van der Waals surface area contributed by atoms with Gasteiger partial charge in [0.2, 0.25) is 0 Å². The SMILES string of the molecule is C=Cc1ccccc1SCCCC. The van der Waals surface area contributed by atoms with E-state index in [2.05, 4.69) is 37.8 Å². The quantitative estimate of drug-likeness (QED) is 0.497. The molecule has 0 radical (unpaired) electrons. The first kappa shape index (κ1) is 10.4. The van der Waals surface area contributed by atoms with Crippen LogP contribution in [0.15, 0.2) is 35.7 Å². The molecular weight excluding hydrogens is 176 g/mol. The zero-order valence-corrected chi connectivity index (χ0v) is 8.94. The summed E-state index contributed by atoms with van der Waals surface area (Å²) >= 11 is 1.92. The third-order valence-corrected chi connectivity index (χ3v) is 3.07. The van der Waals surface area contributed by atoms with Gasteiger partial charge in [0.1, 0.15) is 0 Å². The zero-order valence-electron chi connectivity index (χ0n) is 8.12. The Balaban J connectivity index is 2.59. The van der Waals surface area contributed by atoms with E-state index >= 15 is 0 Å². The van der Waals surface area contributed by atoms with Crippen molar-refractivity contribution in [1.82, 2.24) is 0 Å². The van der Waals surface area contributed by atoms with Gasteiger partial charge in [0.25, 0.3) is 0 Å². The Bertz CT molecular complexity index is 266. The van der Waals surface area contributed by atoms with Crippen LogP contribution >= 0.6 is 11.8 Å². The van der Waals surface area contributed by atoms with Gasteiger partial charge < -0.3 is 0 Å². The number of hydrogen-bond donors (Lipinski definition) is 0. The molecule has 0 spiro atoms. The predicted octanol–water partition coefficient (Wildman–Crippen LogP) is 4.22. The first-order chi connectivity index (χ1) is 6.38. The second-order valence-electron chi connectivity index (χ2n) is 2.94. The van der Waals surface area contributed by atoms with Crippen molar-refractivity contribution < 1.29 is 0 Å². The van der Waals surface area contributed by atoms with Crippen LogP contribution < -0.4 is 0 Å². The highest BCUT2D eigenvalue weighted by Gasteiger charge is 1.97. The fraction of sp³-hybridized carbons (Fsp3) is 0.333. The van der Waals surface area contributed by atoms with Crippen molar-refractivity contribution in [3.8, 4) is 0 Å². The van der Waals surface area contributed by atoms with Crippen molar-refractivity contribution in [2.45, 2.75) is 24.7 Å². The van der Waals surface area contributed by atoms with E-state index in [9.17, 15) is 0 Å². The van der Waals surface area contributed by atoms with Gasteiger partial charge in [0.15, 0.2) is 0 Å². The van der Waals surface area contributed by atoms with Gasteiger partial charge >= 0.3 is 0 Å². The van der Waals surface area contributed by atoms with Gasteiger partial charge in [-0.25, -0.2) is 0 Å². The third kappa shape index (κ3) is 3.27. The largest absolute Gasteiger partial charge is 0.126 e. The molecule has 0 bridgehead atoms. The number of benzene rings is 1. The highest BCUT2D eigenvalue weighted by Crippen LogP contribution is 2.24. The van der Waals surface area contributed by atoms with Crippen molar-refractivity contribution in [3.05, 3.63) is 36.4 Å². The molecule has 0 aliphatic heterocycles. The molecule has 0 aliphatic carbocycles. The molecule has 0 atom stereocenters. The minimum absolute atomic E-state index is 1.21. The molecule has 0 aliphatic rings. The summed E-state index contributed by atoms with van der Waals surface area (Å²) in [4.78, 5) is 1.35. The Labute approximate surface area is 85.1 Å². The predicted molar refractivity (Wildman–Crippen MR) is 62.2 cm³/mol. The average Bonchev–Trinajstić information content (AvgIpc) is 2.19. The normalized spacial score (nSPS) is 9.92. The molecule has 0 N–H and O–H groups in total. The topological polar surface area (TPSA) is 0 Å². The summed E-state index contributed by atoms with van der Waals surface area (Å²) in [7, 11) is 0. The number of hydrogen-bond acceptors (Lipinski definition) is 1. The third-order valence-electron chi connectivity index (χ3n) is 1.89. The summed E-state index contributed by atoms with van der Waals surface area (Å²) < 4.78 is 0. The average molecular weight is 192 g/mol. The van der Waals surface area contributed by atoms with E-state index in [0.717, 1.165) is 0 Å². The number of rotatable bonds is 5. The van der Waals surface area contributed by atoms with Crippen LogP contribution in [-0.2, 0) is 0 Å². The molecule has 1 aromatic carbocycles. The van der Waals surface area contributed by atoms with E-state index in [1.807, 2.05) is 17.8 Å². The monoisotopic (exact) mass is 192 g/mol. The summed E-state index contributed by atoms with van der Waals surface area (Å²) in [6, 6.07) is 8.42. The second kappa shape index (κ2) is 5.87. The zero-order chi connectivity index (χ0) is 9.52. The van der Waals surface area contributed by atoms with Crippen LogP contribution in [0, 0.1) is 0 Å². The molecule has 0 saturated carbocycles. The van der Waals surface area contributed by atoms with E-state index in [0.29, 0.717) is 0 Å². The smallest absolute Gasteiger partial charge is 0.0144 e. The fourth-order valence-electron chi connectivity index (χ4n) is 1.11. The van der Waals surface area contributed by atoms with Gasteiger partial charge in [-0.1, -0.05) is 44.2 Å². The molecule has 1 heteroatoms. The molecule has 0 aromatic heterocycles. The lowest BCUT2D eigenvalue weighted by molar-refractivity contribution is 0.896. The highest BCUT2D eigenvalue weighted by molar-refractivity contribution is 7.99. The van der Waals surface area contributed by atoms with E-state index < -0.39 is 0 Å². The van der Waals surface area contributed by atoms with Crippen LogP contribution in [0.5, 0.6) is 0 Å². The summed E-state index contributed by atoms with van der Waals surface area (Å²) in [6.45, 7) is 6.03. The van der Waals surface area contributed by atoms with Crippen molar-refractivity contribution in [2.24, 2.45) is 0 Å². The Morgan fingerprint density at radius 2 is 2.15 bits per heavy atom. The molecule has 0 amide bonds. The first-order valence-electron chi connectivity index (χ1n) is 4.72. The van der Waals surface area contributed by atoms with Crippen molar-refractivity contribution in [2.75, 3.05) is 5.75 Å². The van der Waals surface area contributed by atoms with Crippen molar-refractivity contribution >= 4 is 17.8 Å². The van der Waals surface area contributed by atoms with Crippen LogP contribution in [0.1, 0.15) is 25.3 Å². The van der Waals surface area contributed by atoms with Crippen LogP contribution in [0.4, 0.5) is 0 Å². The molecular formula is C12H16S. The first-order valence-corrected chi connectivity index (χ1v) is 5.71. The van der Waals surface area contributed by atoms with E-state index in [1.165, 1.54) is 29.1 Å². The molecule has 0 fully saturated rings. The maximum atomic E-state index is 3.81. The van der Waals surface area contributed by atoms with Gasteiger partial charge in [-0.2, -0.15) is 0 Å². The summed E-state index contributed by atoms with van der Waals surface area (Å²) in [5.74, 6) is 1.21. The Morgan fingerprint density at radius 3 is 2.85 bits per heavy atom. The van der Waals surface area contributed by atoms with Gasteiger partial charge in [-0.05, 0) is 23.8 Å². The molecule has 1 aromatic rings. The van der Waals surface area contributed by atoms with Gasteiger partial charge in [-0.3, -0.25) is 0 Å². The molecule has 0 unspecified atom stereocenters. The minimum atomic E-state index is 1.21. The standard InChI is InChI=1S/C12H16S/c1-3-5-10-13-12-9-7-6-8-11(12)4-2/h4,6-9H,2-3,5,10H2,1H3. The number of thioether (sulfide) groups is 1. The lowest BCUT2D eigenvalue weighted by Crippen LogP contribution is -1.81. The maximum Gasteiger partial charge on any atom is 0.0144 e. The minimum Gasteiger partial charge on any atom is -0.126 e. The van der Waals surface area contributed by atoms with Gasteiger partial charge in [0.05, 0.1) is 0 Å². The summed E-state index contributed by atoms with van der Waals surface area (Å²) in [5, 5.41) is 0. The molecule has 13 heavy (non-hydrogen) atoms. The van der Waals surface area contributed by atoms with E-state index in [-0.39, 0.29) is 0 Å². The Morgan fingerprint density at radius 1 is 1.38 bits per heavy atom. The Hall–Kier alpha value is -0.690. The van der Waals surface area contributed by atoms with Gasteiger partial charge in [0, 0.05) is 4.90 Å². The van der Waals surface area contributed by atoms with Gasteiger partial charge in [-0.15, -0.1) is 11.8 Å².